The lowest BCUT2D eigenvalue weighted by atomic mass is 9.78. The summed E-state index contributed by atoms with van der Waals surface area (Å²) < 4.78 is 10.7. The van der Waals surface area contributed by atoms with Crippen molar-refractivity contribution in [2.24, 2.45) is 5.92 Å². The fourth-order valence-electron chi connectivity index (χ4n) is 7.09. The SMILES string of the molecule is COC(=O)N1c2ccc(OC)cc2C23CCN4C(=O)C=CC45CCC12C3C5. The number of rotatable bonds is 1. The highest BCUT2D eigenvalue weighted by Gasteiger charge is 2.87. The van der Waals surface area contributed by atoms with Gasteiger partial charge in [-0.05, 0) is 55.4 Å². The minimum Gasteiger partial charge on any atom is -0.497 e. The van der Waals surface area contributed by atoms with Gasteiger partial charge >= 0.3 is 6.09 Å². The fraction of sp³-hybridized carbons (Fsp3) is 0.524. The van der Waals surface area contributed by atoms with Gasteiger partial charge in [0.1, 0.15) is 5.75 Å². The van der Waals surface area contributed by atoms with Crippen LogP contribution in [0, 0.1) is 5.92 Å². The third kappa shape index (κ3) is 1.42. The monoisotopic (exact) mass is 366 g/mol. The highest BCUT2D eigenvalue weighted by atomic mass is 16.5. The number of ether oxygens (including phenoxy) is 2. The number of anilines is 1. The molecule has 0 aromatic heterocycles. The van der Waals surface area contributed by atoms with E-state index in [0.717, 1.165) is 43.7 Å². The van der Waals surface area contributed by atoms with Crippen molar-refractivity contribution in [3.05, 3.63) is 35.9 Å². The van der Waals surface area contributed by atoms with Crippen molar-refractivity contribution >= 4 is 17.7 Å². The van der Waals surface area contributed by atoms with E-state index < -0.39 is 0 Å². The van der Waals surface area contributed by atoms with E-state index >= 15 is 0 Å². The van der Waals surface area contributed by atoms with Crippen molar-refractivity contribution in [1.82, 2.24) is 4.90 Å². The second kappa shape index (κ2) is 4.49. The summed E-state index contributed by atoms with van der Waals surface area (Å²) in [7, 11) is 3.12. The van der Waals surface area contributed by atoms with Crippen molar-refractivity contribution < 1.29 is 19.1 Å². The van der Waals surface area contributed by atoms with Gasteiger partial charge in [0, 0.05) is 18.0 Å². The van der Waals surface area contributed by atoms with Crippen LogP contribution in [0.3, 0.4) is 0 Å². The standard InChI is InChI=1S/C21H22N2O4/c1-26-13-3-4-15-14(11-13)20-9-10-22-17(24)5-6-19(22)7-8-21(20,16(20)12-19)23(15)18(25)27-2/h3-6,11,16H,7-10,12H2,1-2H3. The lowest BCUT2D eigenvalue weighted by molar-refractivity contribution is -0.129. The van der Waals surface area contributed by atoms with E-state index in [-0.39, 0.29) is 28.5 Å². The van der Waals surface area contributed by atoms with Crippen molar-refractivity contribution in [2.45, 2.75) is 42.2 Å². The number of hydrogen-bond acceptors (Lipinski definition) is 4. The van der Waals surface area contributed by atoms with E-state index in [9.17, 15) is 9.59 Å². The Morgan fingerprint density at radius 3 is 2.85 bits per heavy atom. The van der Waals surface area contributed by atoms with Gasteiger partial charge in [-0.2, -0.15) is 0 Å². The van der Waals surface area contributed by atoms with Crippen molar-refractivity contribution in [1.29, 1.82) is 0 Å². The molecule has 6 nitrogen and oxygen atoms in total. The second-order valence-corrected chi connectivity index (χ2v) is 8.52. The van der Waals surface area contributed by atoms with Crippen LogP contribution in [0.4, 0.5) is 10.5 Å². The minimum absolute atomic E-state index is 0.104. The van der Waals surface area contributed by atoms with Gasteiger partial charge in [-0.15, -0.1) is 0 Å². The maximum atomic E-state index is 12.8. The molecule has 3 fully saturated rings. The normalized spacial score (nSPS) is 39.5. The van der Waals surface area contributed by atoms with Crippen LogP contribution in [0.5, 0.6) is 5.75 Å². The Labute approximate surface area is 157 Å². The number of amides is 2. The third-order valence-corrected chi connectivity index (χ3v) is 8.11. The highest BCUT2D eigenvalue weighted by Crippen LogP contribution is 2.81. The van der Waals surface area contributed by atoms with Crippen LogP contribution < -0.4 is 9.64 Å². The van der Waals surface area contributed by atoms with Gasteiger partial charge in [-0.3, -0.25) is 9.69 Å². The summed E-state index contributed by atoms with van der Waals surface area (Å²) in [5, 5.41) is 0. The Kier molecular flexibility index (Phi) is 2.58. The first-order chi connectivity index (χ1) is 13.0. The first kappa shape index (κ1) is 15.5. The number of fused-ring (bicyclic) bond motifs is 1. The molecular weight excluding hydrogens is 344 g/mol. The molecule has 1 aromatic carbocycles. The fourth-order valence-corrected chi connectivity index (χ4v) is 7.09. The van der Waals surface area contributed by atoms with Crippen LogP contribution in [-0.4, -0.2) is 48.7 Å². The number of methoxy groups -OCH3 is 2. The number of carbonyl (C=O) groups is 2. The summed E-state index contributed by atoms with van der Waals surface area (Å²) in [6, 6.07) is 5.99. The van der Waals surface area contributed by atoms with Crippen LogP contribution in [0.2, 0.25) is 0 Å². The van der Waals surface area contributed by atoms with E-state index in [1.54, 1.807) is 13.2 Å². The zero-order chi connectivity index (χ0) is 18.6. The largest absolute Gasteiger partial charge is 0.497 e. The summed E-state index contributed by atoms with van der Waals surface area (Å²) in [6.07, 6.45) is 7.15. The van der Waals surface area contributed by atoms with E-state index in [2.05, 4.69) is 17.0 Å². The predicted molar refractivity (Wildman–Crippen MR) is 97.8 cm³/mol. The Balaban J connectivity index is 1.56. The molecule has 27 heavy (non-hydrogen) atoms. The summed E-state index contributed by atoms with van der Waals surface area (Å²) in [4.78, 5) is 29.3. The molecular formula is C21H22N2O4. The Bertz CT molecular complexity index is 942. The van der Waals surface area contributed by atoms with Gasteiger partial charge in [0.15, 0.2) is 0 Å². The molecule has 0 N–H and O–H groups in total. The molecule has 6 rings (SSSR count). The summed E-state index contributed by atoms with van der Waals surface area (Å²) in [5.74, 6) is 1.29. The molecule has 140 valence electrons. The summed E-state index contributed by atoms with van der Waals surface area (Å²) >= 11 is 0. The maximum absolute atomic E-state index is 12.8. The quantitative estimate of drug-likeness (QED) is 0.767. The molecule has 2 bridgehead atoms. The highest BCUT2D eigenvalue weighted by molar-refractivity contribution is 5.98. The van der Waals surface area contributed by atoms with Crippen LogP contribution in [0.15, 0.2) is 30.4 Å². The van der Waals surface area contributed by atoms with E-state index in [1.807, 2.05) is 17.0 Å². The molecule has 2 aliphatic carbocycles. The molecule has 3 aliphatic heterocycles. The lowest BCUT2D eigenvalue weighted by Crippen LogP contribution is -2.55. The van der Waals surface area contributed by atoms with E-state index in [1.165, 1.54) is 12.7 Å². The molecule has 4 atom stereocenters. The smallest absolute Gasteiger partial charge is 0.414 e. The molecule has 6 heteroatoms. The maximum Gasteiger partial charge on any atom is 0.414 e. The van der Waals surface area contributed by atoms with Gasteiger partial charge in [0.25, 0.3) is 0 Å². The number of nitrogens with zero attached hydrogens (tertiary/aromatic N) is 2. The first-order valence-corrected chi connectivity index (χ1v) is 9.62. The van der Waals surface area contributed by atoms with Crippen LogP contribution in [0.1, 0.15) is 31.2 Å². The van der Waals surface area contributed by atoms with Gasteiger partial charge in [-0.1, -0.05) is 6.08 Å². The van der Waals surface area contributed by atoms with Gasteiger partial charge < -0.3 is 14.4 Å². The molecule has 3 spiro atoms. The van der Waals surface area contributed by atoms with Crippen LogP contribution >= 0.6 is 0 Å². The topological polar surface area (TPSA) is 59.1 Å². The van der Waals surface area contributed by atoms with Gasteiger partial charge in [0.05, 0.1) is 31.0 Å². The van der Waals surface area contributed by atoms with Gasteiger partial charge in [-0.25, -0.2) is 4.79 Å². The summed E-state index contributed by atoms with van der Waals surface area (Å²) in [5.41, 5.74) is 1.64. The van der Waals surface area contributed by atoms with Crippen molar-refractivity contribution in [2.75, 3.05) is 25.7 Å². The lowest BCUT2D eigenvalue weighted by Gasteiger charge is -2.45. The second-order valence-electron chi connectivity index (χ2n) is 8.52. The average molecular weight is 366 g/mol. The molecule has 0 radical (unpaired) electrons. The van der Waals surface area contributed by atoms with Crippen molar-refractivity contribution in [3.8, 4) is 5.75 Å². The molecule has 4 unspecified atom stereocenters. The summed E-state index contributed by atoms with van der Waals surface area (Å²) in [6.45, 7) is 0.732. The molecule has 1 saturated heterocycles. The number of benzene rings is 1. The van der Waals surface area contributed by atoms with Crippen LogP contribution in [-0.2, 0) is 14.9 Å². The Hall–Kier alpha value is -2.50. The van der Waals surface area contributed by atoms with E-state index in [0.29, 0.717) is 5.92 Å². The first-order valence-electron chi connectivity index (χ1n) is 9.62. The third-order valence-electron chi connectivity index (χ3n) is 8.11. The van der Waals surface area contributed by atoms with Crippen molar-refractivity contribution in [3.63, 3.8) is 0 Å². The zero-order valence-electron chi connectivity index (χ0n) is 15.5. The zero-order valence-corrected chi connectivity index (χ0v) is 15.5. The Morgan fingerprint density at radius 2 is 2.07 bits per heavy atom. The Morgan fingerprint density at radius 1 is 1.22 bits per heavy atom. The molecule has 2 saturated carbocycles. The van der Waals surface area contributed by atoms with Gasteiger partial charge in [0.2, 0.25) is 5.91 Å². The molecule has 1 aromatic rings. The molecule has 2 amide bonds. The predicted octanol–water partition coefficient (Wildman–Crippen LogP) is 2.61. The molecule has 5 aliphatic rings. The van der Waals surface area contributed by atoms with Crippen LogP contribution in [0.25, 0.3) is 0 Å². The van der Waals surface area contributed by atoms with E-state index in [4.69, 9.17) is 9.47 Å². The molecule has 3 heterocycles. The number of hydrogen-bond donors (Lipinski definition) is 0. The minimum atomic E-state index is -0.280. The number of carbonyl (C=O) groups excluding carboxylic acids is 2. The average Bonchev–Trinajstić information content (AvgIpc) is 3.09.